The Bertz CT molecular complexity index is 633. The molecule has 1 heterocycles. The molecule has 2 rings (SSSR count). The summed E-state index contributed by atoms with van der Waals surface area (Å²) in [4.78, 5) is 0. The first-order chi connectivity index (χ1) is 10.4. The van der Waals surface area contributed by atoms with Gasteiger partial charge < -0.3 is 4.52 Å². The predicted molar refractivity (Wildman–Crippen MR) is 77.0 cm³/mol. The van der Waals surface area contributed by atoms with Gasteiger partial charge in [0.05, 0.1) is 14.8 Å². The Hall–Kier alpha value is -1.70. The van der Waals surface area contributed by atoms with Crippen LogP contribution in [-0.4, -0.2) is 13.3 Å². The minimum absolute atomic E-state index is 0.281. The average Bonchev–Trinajstić information content (AvgIpc) is 2.94. The molecule has 0 fully saturated rings. The predicted octanol–water partition coefficient (Wildman–Crippen LogP) is 4.76. The van der Waals surface area contributed by atoms with E-state index in [0.717, 1.165) is 12.5 Å². The minimum Gasteiger partial charge on any atom is -0.350 e. The van der Waals surface area contributed by atoms with E-state index in [4.69, 9.17) is 4.52 Å². The Balaban J connectivity index is 0.000000222. The Kier molecular flexibility index (Phi) is 7.23. The van der Waals surface area contributed by atoms with E-state index in [2.05, 4.69) is 37.4 Å². The lowest BCUT2D eigenvalue weighted by Gasteiger charge is -2.00. The van der Waals surface area contributed by atoms with Crippen LogP contribution in [0.1, 0.15) is 5.56 Å². The van der Waals surface area contributed by atoms with E-state index in [9.17, 15) is 22.0 Å². The summed E-state index contributed by atoms with van der Waals surface area (Å²) in [6, 6.07) is 8.44. The van der Waals surface area contributed by atoms with Crippen molar-refractivity contribution < 1.29 is 26.5 Å². The maximum absolute atomic E-state index is 12.2. The summed E-state index contributed by atoms with van der Waals surface area (Å²) >= 11 is 0. The van der Waals surface area contributed by atoms with Crippen molar-refractivity contribution in [2.75, 3.05) is 13.3 Å². The van der Waals surface area contributed by atoms with Crippen LogP contribution in [0.15, 0.2) is 47.6 Å². The molecule has 1 aromatic carbocycles. The molecule has 0 spiro atoms. The molecular formula is C15H12F5OP. The highest BCUT2D eigenvalue weighted by molar-refractivity contribution is 7.60. The van der Waals surface area contributed by atoms with Gasteiger partial charge in [0.2, 0.25) is 11.7 Å². The van der Waals surface area contributed by atoms with Crippen LogP contribution in [0.5, 0.6) is 0 Å². The van der Waals surface area contributed by atoms with E-state index < -0.39 is 30.0 Å². The number of terminal acetylenes is 1. The van der Waals surface area contributed by atoms with Gasteiger partial charge in [0.1, 0.15) is 6.67 Å². The molecule has 0 amide bonds. The van der Waals surface area contributed by atoms with Crippen LogP contribution in [-0.2, 0) is 11.1 Å². The largest absolute Gasteiger partial charge is 0.350 e. The number of rotatable bonds is 2. The highest BCUT2D eigenvalue weighted by Crippen LogP contribution is 2.38. The molecule has 0 saturated heterocycles. The van der Waals surface area contributed by atoms with Crippen molar-refractivity contribution >= 4 is 13.5 Å². The van der Waals surface area contributed by atoms with Gasteiger partial charge in [0, 0.05) is 5.30 Å². The topological polar surface area (TPSA) is 9.23 Å². The lowest BCUT2D eigenvalue weighted by atomic mass is 10.2. The fourth-order valence-corrected chi connectivity index (χ4v) is 2.82. The second kappa shape index (κ2) is 8.67. The van der Waals surface area contributed by atoms with Crippen molar-refractivity contribution in [1.29, 1.82) is 0 Å². The fourth-order valence-electron chi connectivity index (χ4n) is 1.51. The number of hydrogen-bond donors (Lipinski definition) is 0. The quantitative estimate of drug-likeness (QED) is 0.328. The first-order valence-electron chi connectivity index (χ1n) is 5.99. The number of fused-ring (bicyclic) bond motifs is 1. The molecule has 118 valence electrons. The van der Waals surface area contributed by atoms with Gasteiger partial charge in [-0.15, -0.1) is 6.42 Å². The highest BCUT2D eigenvalue weighted by atomic mass is 31.1. The van der Waals surface area contributed by atoms with Crippen molar-refractivity contribution in [2.45, 2.75) is 6.61 Å². The van der Waals surface area contributed by atoms with Crippen molar-refractivity contribution in [3.05, 3.63) is 53.1 Å². The number of benzene rings is 1. The van der Waals surface area contributed by atoms with Gasteiger partial charge in [-0.3, -0.25) is 0 Å². The molecule has 1 aliphatic rings. The molecule has 1 unspecified atom stereocenters. The van der Waals surface area contributed by atoms with Crippen LogP contribution in [0.4, 0.5) is 22.0 Å². The molecule has 0 aromatic heterocycles. The molecule has 7 heteroatoms. The zero-order valence-electron chi connectivity index (χ0n) is 11.5. The number of halogens is 5. The minimum atomic E-state index is -2.24. The molecule has 0 aliphatic carbocycles. The highest BCUT2D eigenvalue weighted by Gasteiger charge is 2.17. The normalized spacial score (nSPS) is 18.3. The van der Waals surface area contributed by atoms with Gasteiger partial charge in [-0.05, 0) is 18.1 Å². The van der Waals surface area contributed by atoms with E-state index >= 15 is 0 Å². The summed E-state index contributed by atoms with van der Waals surface area (Å²) in [7, 11) is -0.281. The van der Waals surface area contributed by atoms with Crippen LogP contribution >= 0.6 is 8.15 Å². The third-order valence-corrected chi connectivity index (χ3v) is 4.24. The number of hydrogen-bond acceptors (Lipinski definition) is 1. The molecule has 0 N–H and O–H groups in total. The van der Waals surface area contributed by atoms with Crippen LogP contribution in [0.3, 0.4) is 0 Å². The summed E-state index contributed by atoms with van der Waals surface area (Å²) in [5.74, 6) is -7.28. The van der Waals surface area contributed by atoms with E-state index in [-0.39, 0.29) is 8.15 Å². The van der Waals surface area contributed by atoms with Gasteiger partial charge >= 0.3 is 0 Å². The zero-order chi connectivity index (χ0) is 16.7. The SMILES string of the molecule is C#C/C(F)=C(F)\C(F)=C(\F)CF.CP1OCc2ccccc21. The van der Waals surface area contributed by atoms with Crippen LogP contribution in [0.2, 0.25) is 0 Å². The lowest BCUT2D eigenvalue weighted by molar-refractivity contribution is 0.362. The smallest absolute Gasteiger partial charge is 0.211 e. The van der Waals surface area contributed by atoms with Gasteiger partial charge in [-0.1, -0.05) is 24.3 Å². The van der Waals surface area contributed by atoms with Crippen molar-refractivity contribution in [3.63, 3.8) is 0 Å². The van der Waals surface area contributed by atoms with Crippen LogP contribution < -0.4 is 5.30 Å². The average molecular weight is 334 g/mol. The third kappa shape index (κ3) is 4.66. The molecule has 0 bridgehead atoms. The summed E-state index contributed by atoms with van der Waals surface area (Å²) in [6.07, 6.45) is 4.32. The summed E-state index contributed by atoms with van der Waals surface area (Å²) in [6.45, 7) is 1.12. The van der Waals surface area contributed by atoms with E-state index in [1.807, 2.05) is 0 Å². The van der Waals surface area contributed by atoms with E-state index in [0.29, 0.717) is 0 Å². The Morgan fingerprint density at radius 2 is 1.86 bits per heavy atom. The molecular weight excluding hydrogens is 322 g/mol. The van der Waals surface area contributed by atoms with Crippen LogP contribution in [0, 0.1) is 12.3 Å². The molecule has 1 aromatic rings. The lowest BCUT2D eigenvalue weighted by Crippen LogP contribution is -1.97. The Labute approximate surface area is 126 Å². The van der Waals surface area contributed by atoms with Gasteiger partial charge in [-0.25, -0.2) is 13.2 Å². The summed E-state index contributed by atoms with van der Waals surface area (Å²) in [5.41, 5.74) is 1.37. The molecule has 1 aliphatic heterocycles. The molecule has 22 heavy (non-hydrogen) atoms. The molecule has 1 atom stereocenters. The van der Waals surface area contributed by atoms with Crippen molar-refractivity contribution in [3.8, 4) is 12.3 Å². The first-order valence-corrected chi connectivity index (χ1v) is 7.70. The van der Waals surface area contributed by atoms with Crippen molar-refractivity contribution in [2.24, 2.45) is 0 Å². The number of allylic oxidation sites excluding steroid dienone is 4. The fraction of sp³-hybridized carbons (Fsp3) is 0.200. The number of alkyl halides is 1. The van der Waals surface area contributed by atoms with Crippen molar-refractivity contribution in [1.82, 2.24) is 0 Å². The van der Waals surface area contributed by atoms with Crippen LogP contribution in [0.25, 0.3) is 0 Å². The van der Waals surface area contributed by atoms with Gasteiger partial charge in [-0.2, -0.15) is 8.78 Å². The summed E-state index contributed by atoms with van der Waals surface area (Å²) < 4.78 is 65.0. The summed E-state index contributed by atoms with van der Waals surface area (Å²) in [5, 5.41) is 1.41. The van der Waals surface area contributed by atoms with Gasteiger partial charge in [0.25, 0.3) is 0 Å². The van der Waals surface area contributed by atoms with E-state index in [1.165, 1.54) is 10.9 Å². The second-order valence-corrected chi connectivity index (χ2v) is 5.76. The second-order valence-electron chi connectivity index (χ2n) is 4.02. The Morgan fingerprint density at radius 1 is 1.23 bits per heavy atom. The zero-order valence-corrected chi connectivity index (χ0v) is 12.4. The Morgan fingerprint density at radius 3 is 2.41 bits per heavy atom. The standard InChI is InChI=1S/C8H9OP.C7H3F5/c1-10-8-5-3-2-4-7(8)6-9-10;1-2-4(9)6(11)7(12)5(10)3-8/h2-5H,6H2,1H3;1H,3H2/b;6-4-,7-5-. The maximum atomic E-state index is 12.2. The van der Waals surface area contributed by atoms with Gasteiger partial charge in [0.15, 0.2) is 11.7 Å². The molecule has 0 saturated carbocycles. The van der Waals surface area contributed by atoms with E-state index in [1.54, 1.807) is 0 Å². The molecule has 1 nitrogen and oxygen atoms in total. The third-order valence-electron chi connectivity index (χ3n) is 2.61. The molecule has 0 radical (unpaired) electrons. The maximum Gasteiger partial charge on any atom is 0.211 e. The first kappa shape index (κ1) is 18.3. The monoisotopic (exact) mass is 334 g/mol.